The van der Waals surface area contributed by atoms with Crippen LogP contribution >= 0.6 is 0 Å². The minimum atomic E-state index is -4.10. The van der Waals surface area contributed by atoms with E-state index in [1.165, 1.54) is 0 Å². The van der Waals surface area contributed by atoms with Gasteiger partial charge < -0.3 is 0 Å². The second-order valence-electron chi connectivity index (χ2n) is 11.5. The quantitative estimate of drug-likeness (QED) is 0.174. The third-order valence-electron chi connectivity index (χ3n) is 8.15. The Labute approximate surface area is 293 Å². The van der Waals surface area contributed by atoms with Crippen LogP contribution in [0.1, 0.15) is 44.5 Å². The van der Waals surface area contributed by atoms with E-state index in [9.17, 15) is 16.8 Å². The lowest BCUT2D eigenvalue weighted by atomic mass is 9.95. The zero-order valence-electron chi connectivity index (χ0n) is 26.6. The molecule has 7 rings (SSSR count). The van der Waals surface area contributed by atoms with E-state index in [1.54, 1.807) is 109 Å². The van der Waals surface area contributed by atoms with Gasteiger partial charge in [0, 0.05) is 33.4 Å². The molecule has 0 spiro atoms. The van der Waals surface area contributed by atoms with Crippen LogP contribution in [0.3, 0.4) is 0 Å². The SMILES string of the molecule is O=S(=O)(/C1=C/c2ccc(C#Cc3ccccc3)cc2/C(S(=O)(=O)c2ccccc2)=C\c2ccc(C#Cc3ccccc3)cc21)c1ccccc1. The number of hydrogen-bond acceptors (Lipinski definition) is 4. The van der Waals surface area contributed by atoms with Gasteiger partial charge in [0.05, 0.1) is 19.6 Å². The topological polar surface area (TPSA) is 68.3 Å². The lowest BCUT2D eigenvalue weighted by molar-refractivity contribution is 0.604. The first-order valence-corrected chi connectivity index (χ1v) is 18.7. The van der Waals surface area contributed by atoms with Crippen molar-refractivity contribution in [1.82, 2.24) is 0 Å². The average molecular weight is 685 g/mol. The van der Waals surface area contributed by atoms with Crippen molar-refractivity contribution < 1.29 is 16.8 Å². The third-order valence-corrected chi connectivity index (χ3v) is 11.8. The molecule has 6 aromatic rings. The molecule has 0 atom stereocenters. The molecule has 0 N–H and O–H groups in total. The second kappa shape index (κ2) is 13.7. The molecule has 0 heterocycles. The normalized spacial score (nSPS) is 14.3. The first kappa shape index (κ1) is 32.4. The van der Waals surface area contributed by atoms with Crippen LogP contribution in [-0.2, 0) is 19.7 Å². The van der Waals surface area contributed by atoms with Gasteiger partial charge in [0.1, 0.15) is 0 Å². The van der Waals surface area contributed by atoms with Crippen LogP contribution in [0.2, 0.25) is 0 Å². The molecule has 0 saturated carbocycles. The van der Waals surface area contributed by atoms with Crippen LogP contribution in [0.4, 0.5) is 0 Å². The molecule has 4 nitrogen and oxygen atoms in total. The van der Waals surface area contributed by atoms with E-state index in [1.807, 2.05) is 60.7 Å². The number of hydrogen-bond donors (Lipinski definition) is 0. The highest BCUT2D eigenvalue weighted by molar-refractivity contribution is 8.01. The summed E-state index contributed by atoms with van der Waals surface area (Å²) in [5.41, 5.74) is 4.29. The van der Waals surface area contributed by atoms with Crippen molar-refractivity contribution in [3.63, 3.8) is 0 Å². The van der Waals surface area contributed by atoms with Gasteiger partial charge in [-0.1, -0.05) is 109 Å². The number of sulfone groups is 2. The predicted octanol–water partition coefficient (Wildman–Crippen LogP) is 8.74. The van der Waals surface area contributed by atoms with Crippen LogP contribution in [0.25, 0.3) is 22.0 Å². The molecular weight excluding hydrogens is 657 g/mol. The molecule has 0 unspecified atom stereocenters. The van der Waals surface area contributed by atoms with Gasteiger partial charge in [0.15, 0.2) is 0 Å². The Balaban J connectivity index is 1.50. The summed E-state index contributed by atoms with van der Waals surface area (Å²) in [6.07, 6.45) is 3.12. The van der Waals surface area contributed by atoms with Crippen molar-refractivity contribution in [3.8, 4) is 23.7 Å². The minimum absolute atomic E-state index is 0.0267. The monoisotopic (exact) mass is 684 g/mol. The first-order chi connectivity index (χ1) is 24.3. The first-order valence-electron chi connectivity index (χ1n) is 15.8. The minimum Gasteiger partial charge on any atom is -0.218 e. The smallest absolute Gasteiger partial charge is 0.207 e. The standard InChI is InChI=1S/C44H28O4S2/c45-49(46,39-17-9-3-10-18-39)43-32-38-28-26-36(24-22-34-15-7-2-8-16-34)30-42(38)44(50(47,48)40-19-11-4-12-20-40)31-37-27-25-35(29-41(37)43)23-21-33-13-5-1-6-14-33/h1-20,25-32H/b37-31?,38-32?,43-32+,43-41?,44-31+,44-42?. The molecule has 0 bridgehead atoms. The van der Waals surface area contributed by atoms with E-state index in [2.05, 4.69) is 23.7 Å². The largest absolute Gasteiger partial charge is 0.218 e. The van der Waals surface area contributed by atoms with E-state index in [-0.39, 0.29) is 19.6 Å². The molecule has 0 saturated heterocycles. The molecule has 240 valence electrons. The Kier molecular flexibility index (Phi) is 8.90. The van der Waals surface area contributed by atoms with Gasteiger partial charge >= 0.3 is 0 Å². The molecule has 1 aliphatic carbocycles. The van der Waals surface area contributed by atoms with Gasteiger partial charge in [-0.25, -0.2) is 16.8 Å². The van der Waals surface area contributed by atoms with Gasteiger partial charge in [0.2, 0.25) is 19.7 Å². The molecule has 0 aliphatic heterocycles. The zero-order valence-corrected chi connectivity index (χ0v) is 28.2. The van der Waals surface area contributed by atoms with Crippen LogP contribution in [0.15, 0.2) is 168 Å². The maximum absolute atomic E-state index is 14.5. The summed E-state index contributed by atoms with van der Waals surface area (Å²) in [6.45, 7) is 0. The number of rotatable bonds is 4. The molecule has 0 amide bonds. The van der Waals surface area contributed by atoms with Crippen LogP contribution in [-0.4, -0.2) is 16.8 Å². The summed E-state index contributed by atoms with van der Waals surface area (Å²) in [7, 11) is -8.19. The summed E-state index contributed by atoms with van der Waals surface area (Å²) in [5.74, 6) is 12.6. The van der Waals surface area contributed by atoms with Crippen molar-refractivity contribution in [2.75, 3.05) is 0 Å². The van der Waals surface area contributed by atoms with Gasteiger partial charge in [0.25, 0.3) is 0 Å². The van der Waals surface area contributed by atoms with Crippen LogP contribution in [0.5, 0.6) is 0 Å². The van der Waals surface area contributed by atoms with Crippen molar-refractivity contribution in [2.45, 2.75) is 9.79 Å². The summed E-state index contributed by atoms with van der Waals surface area (Å²) in [5, 5.41) is 0. The fourth-order valence-corrected chi connectivity index (χ4v) is 8.65. The highest BCUT2D eigenvalue weighted by Crippen LogP contribution is 2.41. The van der Waals surface area contributed by atoms with E-state index in [4.69, 9.17) is 0 Å². The van der Waals surface area contributed by atoms with E-state index in [0.717, 1.165) is 11.1 Å². The van der Waals surface area contributed by atoms with Crippen LogP contribution in [0, 0.1) is 23.7 Å². The Morgan fingerprint density at radius 3 is 1.02 bits per heavy atom. The molecule has 1 aliphatic rings. The van der Waals surface area contributed by atoms with Gasteiger partial charge in [-0.2, -0.15) is 0 Å². The maximum atomic E-state index is 14.5. The van der Waals surface area contributed by atoms with Crippen molar-refractivity contribution in [1.29, 1.82) is 0 Å². The molecule has 6 aromatic carbocycles. The molecule has 0 radical (unpaired) electrons. The van der Waals surface area contributed by atoms with E-state index in [0.29, 0.717) is 33.4 Å². The summed E-state index contributed by atoms with van der Waals surface area (Å²) >= 11 is 0. The summed E-state index contributed by atoms with van der Waals surface area (Å²) in [6, 6.07) is 45.8. The fraction of sp³-hybridized carbons (Fsp3) is 0. The van der Waals surface area contributed by atoms with Gasteiger partial charge in [-0.15, -0.1) is 0 Å². The Bertz CT molecular complexity index is 2450. The number of benzene rings is 6. The summed E-state index contributed by atoms with van der Waals surface area (Å²) in [4.78, 5) is 0.288. The zero-order chi connectivity index (χ0) is 34.6. The Morgan fingerprint density at radius 1 is 0.340 bits per heavy atom. The lowest BCUT2D eigenvalue weighted by Gasteiger charge is -2.20. The van der Waals surface area contributed by atoms with Crippen molar-refractivity contribution in [2.24, 2.45) is 0 Å². The highest BCUT2D eigenvalue weighted by atomic mass is 32.2. The molecule has 0 fully saturated rings. The van der Waals surface area contributed by atoms with Crippen molar-refractivity contribution >= 4 is 41.6 Å². The van der Waals surface area contributed by atoms with Crippen LogP contribution < -0.4 is 0 Å². The molecule has 6 heteroatoms. The average Bonchev–Trinajstić information content (AvgIpc) is 3.15. The highest BCUT2D eigenvalue weighted by Gasteiger charge is 2.30. The molecule has 0 aromatic heterocycles. The Hall–Kier alpha value is -6.18. The Morgan fingerprint density at radius 2 is 0.660 bits per heavy atom. The molecular formula is C44H28O4S2. The second-order valence-corrected chi connectivity index (χ2v) is 15.3. The van der Waals surface area contributed by atoms with E-state index >= 15 is 0 Å². The third kappa shape index (κ3) is 6.72. The maximum Gasteiger partial charge on any atom is 0.207 e. The van der Waals surface area contributed by atoms with Gasteiger partial charge in [-0.3, -0.25) is 0 Å². The predicted molar refractivity (Wildman–Crippen MR) is 201 cm³/mol. The van der Waals surface area contributed by atoms with Crippen molar-refractivity contribution in [3.05, 3.63) is 202 Å². The van der Waals surface area contributed by atoms with E-state index < -0.39 is 19.7 Å². The fourth-order valence-electron chi connectivity index (χ4n) is 5.61. The number of fused-ring (bicyclic) bond motifs is 2. The van der Waals surface area contributed by atoms with Gasteiger partial charge in [-0.05, 0) is 96.1 Å². The summed E-state index contributed by atoms with van der Waals surface area (Å²) < 4.78 is 57.9. The molecule has 50 heavy (non-hydrogen) atoms. The lowest BCUT2D eigenvalue weighted by Crippen LogP contribution is -2.11.